The number of fused-ring (bicyclic) bond motifs is 1. The quantitative estimate of drug-likeness (QED) is 0.618. The monoisotopic (exact) mass is 399 g/mol. The number of halogens is 1. The third-order valence-corrected chi connectivity index (χ3v) is 4.70. The van der Waals surface area contributed by atoms with E-state index in [0.717, 1.165) is 5.39 Å². The Bertz CT molecular complexity index is 1070. The Balaban J connectivity index is 2.26. The van der Waals surface area contributed by atoms with Crippen molar-refractivity contribution in [1.82, 2.24) is 4.98 Å². The van der Waals surface area contributed by atoms with E-state index in [1.807, 2.05) is 19.1 Å². The Hall–Kier alpha value is -3.24. The zero-order valence-electron chi connectivity index (χ0n) is 15.6. The van der Waals surface area contributed by atoms with Crippen molar-refractivity contribution in [3.05, 3.63) is 57.8 Å². The van der Waals surface area contributed by atoms with Crippen molar-refractivity contribution < 1.29 is 19.0 Å². The Labute approximate surface area is 166 Å². The molecule has 0 amide bonds. The van der Waals surface area contributed by atoms with Crippen molar-refractivity contribution in [2.75, 3.05) is 13.7 Å². The van der Waals surface area contributed by atoms with Gasteiger partial charge in [-0.15, -0.1) is 0 Å². The van der Waals surface area contributed by atoms with Crippen LogP contribution in [0, 0.1) is 11.3 Å². The van der Waals surface area contributed by atoms with Gasteiger partial charge in [-0.3, -0.25) is 0 Å². The Morgan fingerprint density at radius 2 is 2.18 bits per heavy atom. The lowest BCUT2D eigenvalue weighted by Crippen LogP contribution is -2.25. The van der Waals surface area contributed by atoms with E-state index in [1.165, 1.54) is 7.11 Å². The summed E-state index contributed by atoms with van der Waals surface area (Å²) in [4.78, 5) is 16.8. The average molecular weight is 400 g/mol. The summed E-state index contributed by atoms with van der Waals surface area (Å²) in [5.74, 6) is -0.662. The molecular weight excluding hydrogens is 382 g/mol. The number of rotatable bonds is 4. The van der Waals surface area contributed by atoms with Crippen LogP contribution >= 0.6 is 11.6 Å². The van der Waals surface area contributed by atoms with E-state index in [9.17, 15) is 10.1 Å². The number of benzene rings is 1. The Morgan fingerprint density at radius 1 is 1.43 bits per heavy atom. The van der Waals surface area contributed by atoms with Crippen LogP contribution in [0.2, 0.25) is 5.15 Å². The Kier molecular flexibility index (Phi) is 5.43. The molecule has 8 heteroatoms. The number of aromatic nitrogens is 1. The van der Waals surface area contributed by atoms with Crippen LogP contribution in [0.15, 0.2) is 47.1 Å². The minimum atomic E-state index is -0.855. The number of carbonyl (C=O) groups excluding carboxylic acids is 1. The van der Waals surface area contributed by atoms with Crippen molar-refractivity contribution in [2.24, 2.45) is 5.73 Å². The first-order valence-corrected chi connectivity index (χ1v) is 8.88. The summed E-state index contributed by atoms with van der Waals surface area (Å²) in [5.41, 5.74) is 7.22. The maximum atomic E-state index is 12.4. The molecule has 144 valence electrons. The number of esters is 1. The summed E-state index contributed by atoms with van der Waals surface area (Å²) < 4.78 is 15.8. The van der Waals surface area contributed by atoms with Crippen molar-refractivity contribution in [2.45, 2.75) is 19.8 Å². The lowest BCUT2D eigenvalue weighted by molar-refractivity contribution is -0.136. The second kappa shape index (κ2) is 7.79. The minimum absolute atomic E-state index is 0.0648. The van der Waals surface area contributed by atoms with Gasteiger partial charge in [0.15, 0.2) is 0 Å². The number of methoxy groups -OCH3 is 1. The maximum Gasteiger partial charge on any atom is 0.338 e. The standard InChI is InChI=1S/C20H18ClN3O4/c1-4-27-12-5-6-15-11(7-12)8-13(18(21)24-15)17-14(9-22)19(23)28-10(2)16(17)20(25)26-3/h5-8,17H,4,23H2,1-3H3/t17-/m1/s1. The second-order valence-electron chi connectivity index (χ2n) is 6.04. The van der Waals surface area contributed by atoms with Gasteiger partial charge in [0.25, 0.3) is 0 Å². The van der Waals surface area contributed by atoms with Crippen LogP contribution in [-0.2, 0) is 14.3 Å². The van der Waals surface area contributed by atoms with Crippen molar-refractivity contribution >= 4 is 28.5 Å². The van der Waals surface area contributed by atoms with Gasteiger partial charge < -0.3 is 19.9 Å². The summed E-state index contributed by atoms with van der Waals surface area (Å²) in [7, 11) is 1.25. The highest BCUT2D eigenvalue weighted by atomic mass is 35.5. The molecule has 0 unspecified atom stereocenters. The molecule has 0 spiro atoms. The molecule has 1 aromatic carbocycles. The van der Waals surface area contributed by atoms with Crippen LogP contribution in [0.4, 0.5) is 0 Å². The van der Waals surface area contributed by atoms with Gasteiger partial charge in [0.1, 0.15) is 28.3 Å². The first kappa shape index (κ1) is 19.5. The molecule has 2 heterocycles. The molecule has 0 fully saturated rings. The first-order chi connectivity index (χ1) is 13.4. The van der Waals surface area contributed by atoms with Crippen LogP contribution in [0.1, 0.15) is 25.3 Å². The van der Waals surface area contributed by atoms with Crippen molar-refractivity contribution in [3.63, 3.8) is 0 Å². The summed E-state index contributed by atoms with van der Waals surface area (Å²) in [6.45, 7) is 3.99. The number of nitrogens with two attached hydrogens (primary N) is 1. The van der Waals surface area contributed by atoms with Gasteiger partial charge in [0.2, 0.25) is 5.88 Å². The highest BCUT2D eigenvalue weighted by Crippen LogP contribution is 2.42. The van der Waals surface area contributed by atoms with Crippen LogP contribution in [-0.4, -0.2) is 24.7 Å². The van der Waals surface area contributed by atoms with E-state index in [1.54, 1.807) is 25.1 Å². The zero-order valence-corrected chi connectivity index (χ0v) is 16.3. The number of nitrogens with zero attached hydrogens (tertiary/aromatic N) is 2. The molecule has 3 rings (SSSR count). The van der Waals surface area contributed by atoms with Gasteiger partial charge in [-0.1, -0.05) is 11.6 Å². The maximum absolute atomic E-state index is 12.4. The SMILES string of the molecule is CCOc1ccc2nc(Cl)c([C@@H]3C(C#N)=C(N)OC(C)=C3C(=O)OC)cc2c1. The molecular formula is C20H18ClN3O4. The normalized spacial score (nSPS) is 16.6. The minimum Gasteiger partial charge on any atom is -0.494 e. The summed E-state index contributed by atoms with van der Waals surface area (Å²) in [6, 6.07) is 9.19. The second-order valence-corrected chi connectivity index (χ2v) is 6.40. The van der Waals surface area contributed by atoms with E-state index in [4.69, 9.17) is 31.5 Å². The van der Waals surface area contributed by atoms with Crippen LogP contribution in [0.5, 0.6) is 5.75 Å². The van der Waals surface area contributed by atoms with Gasteiger partial charge >= 0.3 is 5.97 Å². The van der Waals surface area contributed by atoms with Crippen molar-refractivity contribution in [3.8, 4) is 11.8 Å². The van der Waals surface area contributed by atoms with E-state index >= 15 is 0 Å². The molecule has 2 N–H and O–H groups in total. The van der Waals surface area contributed by atoms with E-state index < -0.39 is 11.9 Å². The van der Waals surface area contributed by atoms with E-state index in [-0.39, 0.29) is 27.9 Å². The summed E-state index contributed by atoms with van der Waals surface area (Å²) >= 11 is 6.44. The van der Waals surface area contributed by atoms with E-state index in [2.05, 4.69) is 4.98 Å². The number of allylic oxidation sites excluding steroid dienone is 2. The molecule has 1 aromatic heterocycles. The zero-order chi connectivity index (χ0) is 20.4. The lowest BCUT2D eigenvalue weighted by atomic mass is 9.83. The number of carbonyl (C=O) groups is 1. The number of hydrogen-bond donors (Lipinski definition) is 1. The van der Waals surface area contributed by atoms with E-state index in [0.29, 0.717) is 23.4 Å². The Morgan fingerprint density at radius 3 is 2.82 bits per heavy atom. The summed E-state index contributed by atoms with van der Waals surface area (Å²) in [5, 5.41) is 10.5. The third-order valence-electron chi connectivity index (χ3n) is 4.40. The molecule has 0 saturated carbocycles. The number of ether oxygens (including phenoxy) is 3. The van der Waals surface area contributed by atoms with Crippen LogP contribution in [0.3, 0.4) is 0 Å². The smallest absolute Gasteiger partial charge is 0.338 e. The molecule has 0 radical (unpaired) electrons. The number of pyridine rings is 1. The highest BCUT2D eigenvalue weighted by molar-refractivity contribution is 6.30. The molecule has 2 aromatic rings. The molecule has 7 nitrogen and oxygen atoms in total. The molecule has 28 heavy (non-hydrogen) atoms. The molecule has 1 aliphatic rings. The highest BCUT2D eigenvalue weighted by Gasteiger charge is 2.37. The third kappa shape index (κ3) is 3.35. The van der Waals surface area contributed by atoms with Crippen LogP contribution in [0.25, 0.3) is 10.9 Å². The molecule has 0 bridgehead atoms. The fourth-order valence-electron chi connectivity index (χ4n) is 3.17. The summed E-state index contributed by atoms with van der Waals surface area (Å²) in [6.07, 6.45) is 0. The number of nitriles is 1. The molecule has 0 aliphatic carbocycles. The molecule has 1 aliphatic heterocycles. The molecule has 0 saturated heterocycles. The van der Waals surface area contributed by atoms with Gasteiger partial charge in [-0.25, -0.2) is 9.78 Å². The number of hydrogen-bond acceptors (Lipinski definition) is 7. The van der Waals surface area contributed by atoms with Gasteiger partial charge in [0.05, 0.1) is 30.7 Å². The average Bonchev–Trinajstić information content (AvgIpc) is 2.67. The van der Waals surface area contributed by atoms with Gasteiger partial charge in [0, 0.05) is 10.9 Å². The fourth-order valence-corrected chi connectivity index (χ4v) is 3.43. The lowest BCUT2D eigenvalue weighted by Gasteiger charge is -2.27. The van der Waals surface area contributed by atoms with Gasteiger partial charge in [-0.2, -0.15) is 5.26 Å². The fraction of sp³-hybridized carbons (Fsp3) is 0.250. The predicted molar refractivity (Wildman–Crippen MR) is 103 cm³/mol. The van der Waals surface area contributed by atoms with Gasteiger partial charge in [-0.05, 0) is 38.1 Å². The first-order valence-electron chi connectivity index (χ1n) is 8.50. The molecule has 1 atom stereocenters. The van der Waals surface area contributed by atoms with Crippen LogP contribution < -0.4 is 10.5 Å². The topological polar surface area (TPSA) is 107 Å². The predicted octanol–water partition coefficient (Wildman–Crippen LogP) is 3.54. The van der Waals surface area contributed by atoms with Crippen molar-refractivity contribution in [1.29, 1.82) is 5.26 Å². The largest absolute Gasteiger partial charge is 0.494 e.